The Labute approximate surface area is 176 Å². The predicted molar refractivity (Wildman–Crippen MR) is 117 cm³/mol. The molecule has 0 heterocycles. The topological polar surface area (TPSA) is 9.23 Å². The summed E-state index contributed by atoms with van der Waals surface area (Å²) in [6.07, 6.45) is 5.86. The lowest BCUT2D eigenvalue weighted by atomic mass is 10.00. The largest absolute Gasteiger partial charge is 0.435 e. The van der Waals surface area contributed by atoms with Crippen LogP contribution in [0.5, 0.6) is 5.75 Å². The second-order valence-electron chi connectivity index (χ2n) is 7.65. The monoisotopic (exact) mass is 402 g/mol. The van der Waals surface area contributed by atoms with Crippen LogP contribution in [-0.2, 0) is 12.8 Å². The minimum Gasteiger partial charge on any atom is -0.435 e. The van der Waals surface area contributed by atoms with Crippen LogP contribution in [0.3, 0.4) is 0 Å². The Kier molecular flexibility index (Phi) is 6.14. The van der Waals surface area contributed by atoms with Gasteiger partial charge in [-0.05, 0) is 83.5 Å². The molecule has 3 aromatic rings. The van der Waals surface area contributed by atoms with Crippen LogP contribution in [0, 0.1) is 11.8 Å². The molecule has 0 atom stereocenters. The van der Waals surface area contributed by atoms with Crippen LogP contribution in [0.2, 0.25) is 0 Å². The molecule has 1 nitrogen and oxygen atoms in total. The van der Waals surface area contributed by atoms with Gasteiger partial charge in [0.25, 0.3) is 0 Å². The summed E-state index contributed by atoms with van der Waals surface area (Å²) in [6.45, 7) is -0.582. The van der Waals surface area contributed by atoms with E-state index in [-0.39, 0.29) is 5.75 Å². The van der Waals surface area contributed by atoms with Crippen molar-refractivity contribution in [3.8, 4) is 28.7 Å². The van der Waals surface area contributed by atoms with E-state index in [4.69, 9.17) is 0 Å². The first kappa shape index (κ1) is 20.2. The number of rotatable bonds is 6. The molecule has 0 spiro atoms. The molecule has 0 amide bonds. The maximum atomic E-state index is 12.2. The fourth-order valence-electron chi connectivity index (χ4n) is 3.94. The Bertz CT molecular complexity index is 1090. The highest BCUT2D eigenvalue weighted by Gasteiger charge is 2.18. The van der Waals surface area contributed by atoms with E-state index in [2.05, 4.69) is 53.8 Å². The van der Waals surface area contributed by atoms with Crippen LogP contribution >= 0.6 is 0 Å². The van der Waals surface area contributed by atoms with Crippen LogP contribution < -0.4 is 4.74 Å². The van der Waals surface area contributed by atoms with Gasteiger partial charge in [0.1, 0.15) is 5.75 Å². The van der Waals surface area contributed by atoms with Crippen molar-refractivity contribution in [1.82, 2.24) is 0 Å². The SMILES string of the molecule is CCCCCc1ccc2c(c1)Cc1cc(C#Cc3ccc(OC(F)F)cc3)ccc1-2. The van der Waals surface area contributed by atoms with E-state index in [9.17, 15) is 8.78 Å². The molecule has 0 unspecified atom stereocenters. The first-order valence-electron chi connectivity index (χ1n) is 10.4. The molecule has 0 fully saturated rings. The molecule has 1 aliphatic rings. The van der Waals surface area contributed by atoms with Gasteiger partial charge in [-0.25, -0.2) is 0 Å². The third-order valence-electron chi connectivity index (χ3n) is 5.45. The highest BCUT2D eigenvalue weighted by molar-refractivity contribution is 5.77. The average Bonchev–Trinajstić information content (AvgIpc) is 3.10. The van der Waals surface area contributed by atoms with Gasteiger partial charge in [0.2, 0.25) is 0 Å². The zero-order valence-electron chi connectivity index (χ0n) is 17.1. The third-order valence-corrected chi connectivity index (χ3v) is 5.45. The van der Waals surface area contributed by atoms with Gasteiger partial charge in [-0.2, -0.15) is 8.78 Å². The van der Waals surface area contributed by atoms with Gasteiger partial charge >= 0.3 is 6.61 Å². The number of hydrogen-bond donors (Lipinski definition) is 0. The van der Waals surface area contributed by atoms with Gasteiger partial charge in [0.05, 0.1) is 0 Å². The maximum absolute atomic E-state index is 12.2. The summed E-state index contributed by atoms with van der Waals surface area (Å²) in [5, 5.41) is 0. The summed E-state index contributed by atoms with van der Waals surface area (Å²) in [5.41, 5.74) is 8.48. The molecule has 0 saturated carbocycles. The Balaban J connectivity index is 1.48. The summed E-state index contributed by atoms with van der Waals surface area (Å²) < 4.78 is 28.8. The molecule has 0 bridgehead atoms. The second kappa shape index (κ2) is 9.13. The van der Waals surface area contributed by atoms with E-state index in [1.807, 2.05) is 6.07 Å². The Morgan fingerprint density at radius 2 is 1.50 bits per heavy atom. The first-order valence-corrected chi connectivity index (χ1v) is 10.4. The summed E-state index contributed by atoms with van der Waals surface area (Å²) in [5.74, 6) is 6.42. The van der Waals surface area contributed by atoms with E-state index < -0.39 is 6.61 Å². The number of ether oxygens (including phenoxy) is 1. The zero-order valence-corrected chi connectivity index (χ0v) is 17.1. The van der Waals surface area contributed by atoms with E-state index in [0.29, 0.717) is 0 Å². The number of alkyl halides is 2. The van der Waals surface area contributed by atoms with Crippen LogP contribution in [0.4, 0.5) is 8.78 Å². The Morgan fingerprint density at radius 3 is 2.23 bits per heavy atom. The third kappa shape index (κ3) is 4.71. The lowest BCUT2D eigenvalue weighted by Crippen LogP contribution is -2.01. The van der Waals surface area contributed by atoms with Gasteiger partial charge in [0, 0.05) is 11.1 Å². The molecule has 30 heavy (non-hydrogen) atoms. The van der Waals surface area contributed by atoms with Gasteiger partial charge < -0.3 is 4.74 Å². The lowest BCUT2D eigenvalue weighted by Gasteiger charge is -2.05. The van der Waals surface area contributed by atoms with Crippen molar-refractivity contribution in [3.05, 3.63) is 88.5 Å². The minimum absolute atomic E-state index is 0.139. The van der Waals surface area contributed by atoms with Crippen LogP contribution in [0.25, 0.3) is 11.1 Å². The molecular weight excluding hydrogens is 378 g/mol. The number of fused-ring (bicyclic) bond motifs is 3. The van der Waals surface area contributed by atoms with Crippen molar-refractivity contribution in [1.29, 1.82) is 0 Å². The lowest BCUT2D eigenvalue weighted by molar-refractivity contribution is -0.0498. The van der Waals surface area contributed by atoms with E-state index in [0.717, 1.165) is 24.0 Å². The number of aryl methyl sites for hydroxylation is 1. The molecule has 4 rings (SSSR count). The number of benzene rings is 3. The van der Waals surface area contributed by atoms with Gasteiger partial charge in [-0.1, -0.05) is 55.9 Å². The summed E-state index contributed by atoms with van der Waals surface area (Å²) >= 11 is 0. The summed E-state index contributed by atoms with van der Waals surface area (Å²) in [6, 6.07) is 19.6. The molecule has 152 valence electrons. The van der Waals surface area contributed by atoms with Crippen molar-refractivity contribution in [3.63, 3.8) is 0 Å². The fourth-order valence-corrected chi connectivity index (χ4v) is 3.94. The molecule has 0 radical (unpaired) electrons. The van der Waals surface area contributed by atoms with E-state index in [1.54, 1.807) is 12.1 Å². The average molecular weight is 402 g/mol. The van der Waals surface area contributed by atoms with Crippen molar-refractivity contribution in [2.24, 2.45) is 0 Å². The van der Waals surface area contributed by atoms with Crippen LogP contribution in [0.15, 0.2) is 60.7 Å². The maximum Gasteiger partial charge on any atom is 0.387 e. The molecule has 0 saturated heterocycles. The van der Waals surface area contributed by atoms with Crippen molar-refractivity contribution >= 4 is 0 Å². The normalized spacial score (nSPS) is 11.6. The molecule has 0 aliphatic heterocycles. The van der Waals surface area contributed by atoms with Gasteiger partial charge in [0.15, 0.2) is 0 Å². The Hall–Kier alpha value is -3.12. The molecule has 1 aliphatic carbocycles. The van der Waals surface area contributed by atoms with Crippen molar-refractivity contribution in [2.75, 3.05) is 0 Å². The fraction of sp³-hybridized carbons (Fsp3) is 0.259. The highest BCUT2D eigenvalue weighted by Crippen LogP contribution is 2.37. The molecule has 0 aromatic heterocycles. The summed E-state index contributed by atoms with van der Waals surface area (Å²) in [4.78, 5) is 0. The number of halogens is 2. The Morgan fingerprint density at radius 1 is 0.833 bits per heavy atom. The first-order chi connectivity index (χ1) is 14.6. The van der Waals surface area contributed by atoms with Crippen molar-refractivity contribution in [2.45, 2.75) is 45.6 Å². The van der Waals surface area contributed by atoms with E-state index >= 15 is 0 Å². The van der Waals surface area contributed by atoms with Crippen LogP contribution in [0.1, 0.15) is 54.0 Å². The highest BCUT2D eigenvalue weighted by atomic mass is 19.3. The zero-order chi connectivity index (χ0) is 20.9. The minimum atomic E-state index is -2.81. The van der Waals surface area contributed by atoms with E-state index in [1.165, 1.54) is 59.2 Å². The second-order valence-corrected chi connectivity index (χ2v) is 7.65. The number of unbranched alkanes of at least 4 members (excludes halogenated alkanes) is 2. The standard InChI is InChI=1S/C27H24F2O/c1-2-3-4-5-20-10-14-25-22(16-20)18-23-17-21(11-15-26(23)25)7-6-19-8-12-24(13-9-19)30-27(28)29/h8-17,27H,2-5,18H2,1H3. The number of hydrogen-bond acceptors (Lipinski definition) is 1. The van der Waals surface area contributed by atoms with Crippen LogP contribution in [-0.4, -0.2) is 6.61 Å². The van der Waals surface area contributed by atoms with Gasteiger partial charge in [-0.3, -0.25) is 0 Å². The van der Waals surface area contributed by atoms with Crippen molar-refractivity contribution < 1.29 is 13.5 Å². The summed E-state index contributed by atoms with van der Waals surface area (Å²) in [7, 11) is 0. The van der Waals surface area contributed by atoms with Gasteiger partial charge in [-0.15, -0.1) is 0 Å². The quantitative estimate of drug-likeness (QED) is 0.249. The molecule has 3 heteroatoms. The molecular formula is C27H24F2O. The molecule has 3 aromatic carbocycles. The predicted octanol–water partition coefficient (Wildman–Crippen LogP) is 6.99. The smallest absolute Gasteiger partial charge is 0.387 e. The molecule has 0 N–H and O–H groups in total.